The summed E-state index contributed by atoms with van der Waals surface area (Å²) in [4.78, 5) is 38.7. The second kappa shape index (κ2) is 12.6. The zero-order valence-electron chi connectivity index (χ0n) is 21.4. The van der Waals surface area contributed by atoms with Crippen molar-refractivity contribution in [3.05, 3.63) is 41.0 Å². The summed E-state index contributed by atoms with van der Waals surface area (Å²) in [5, 5.41) is 10.7. The minimum absolute atomic E-state index is 0.183. The maximum atomic E-state index is 13.0. The van der Waals surface area contributed by atoms with Crippen LogP contribution in [-0.4, -0.2) is 58.8 Å². The van der Waals surface area contributed by atoms with Gasteiger partial charge in [-0.1, -0.05) is 46.2 Å². The second-order valence-corrected chi connectivity index (χ2v) is 10.1. The maximum Gasteiger partial charge on any atom is 0.325 e. The number of benzene rings is 1. The number of amides is 3. The molecule has 0 aliphatic heterocycles. The smallest absolute Gasteiger partial charge is 0.325 e. The fraction of sp³-hybridized carbons (Fsp3) is 0.520. The van der Waals surface area contributed by atoms with E-state index in [0.29, 0.717) is 29.7 Å². The van der Waals surface area contributed by atoms with E-state index in [1.165, 1.54) is 4.90 Å². The van der Waals surface area contributed by atoms with Crippen molar-refractivity contribution in [3.8, 4) is 5.69 Å². The number of ether oxygens (including phenoxy) is 1. The molecule has 0 radical (unpaired) electrons. The number of esters is 1. The minimum atomic E-state index is -0.532. The highest BCUT2D eigenvalue weighted by Gasteiger charge is 2.23. The van der Waals surface area contributed by atoms with Gasteiger partial charge in [0.2, 0.25) is 5.91 Å². The summed E-state index contributed by atoms with van der Waals surface area (Å²) in [5.74, 6) is -0.0941. The predicted molar refractivity (Wildman–Crippen MR) is 137 cm³/mol. The van der Waals surface area contributed by atoms with Gasteiger partial charge in [0.25, 0.3) is 0 Å². The Kier molecular flexibility index (Phi) is 10.1. The topological polar surface area (TPSA) is 106 Å². The van der Waals surface area contributed by atoms with Gasteiger partial charge in [0.1, 0.15) is 18.9 Å². The average Bonchev–Trinajstić information content (AvgIpc) is 3.19. The van der Waals surface area contributed by atoms with Crippen LogP contribution in [0.2, 0.25) is 5.02 Å². The molecular formula is C25H36ClN5O4. The summed E-state index contributed by atoms with van der Waals surface area (Å²) in [6.45, 7) is 12.0. The molecule has 2 aromatic rings. The number of hydrogen-bond donors (Lipinski definition) is 2. The molecule has 2 rings (SSSR count). The van der Waals surface area contributed by atoms with Crippen LogP contribution in [0.1, 0.15) is 53.7 Å². The van der Waals surface area contributed by atoms with Gasteiger partial charge in [-0.15, -0.1) is 0 Å². The normalized spacial score (nSPS) is 11.3. The van der Waals surface area contributed by atoms with Gasteiger partial charge in [-0.3, -0.25) is 9.59 Å². The summed E-state index contributed by atoms with van der Waals surface area (Å²) >= 11 is 6.03. The number of carbonyl (C=O) groups excluding carboxylic acids is 3. The molecule has 0 saturated carbocycles. The van der Waals surface area contributed by atoms with E-state index in [0.717, 1.165) is 11.4 Å². The number of rotatable bonds is 10. The molecular weight excluding hydrogens is 470 g/mol. The van der Waals surface area contributed by atoms with Crippen LogP contribution in [0.4, 0.5) is 10.6 Å². The van der Waals surface area contributed by atoms with Crippen LogP contribution in [0.5, 0.6) is 0 Å². The first kappa shape index (κ1) is 28.2. The van der Waals surface area contributed by atoms with E-state index in [4.69, 9.17) is 16.3 Å². The summed E-state index contributed by atoms with van der Waals surface area (Å²) in [6, 6.07) is 8.46. The van der Waals surface area contributed by atoms with Crippen molar-refractivity contribution in [2.75, 3.05) is 31.6 Å². The molecule has 1 heterocycles. The number of halogens is 1. The van der Waals surface area contributed by atoms with E-state index in [2.05, 4.69) is 15.7 Å². The number of urea groups is 1. The van der Waals surface area contributed by atoms with Crippen LogP contribution in [0.3, 0.4) is 0 Å². The lowest BCUT2D eigenvalue weighted by Crippen LogP contribution is -2.46. The minimum Gasteiger partial charge on any atom is -0.465 e. The van der Waals surface area contributed by atoms with Gasteiger partial charge >= 0.3 is 12.0 Å². The Morgan fingerprint density at radius 1 is 1.17 bits per heavy atom. The van der Waals surface area contributed by atoms with Crippen molar-refractivity contribution in [2.24, 2.45) is 5.92 Å². The summed E-state index contributed by atoms with van der Waals surface area (Å²) in [6.07, 6.45) is 0.705. The number of carbonyl (C=O) groups is 3. The van der Waals surface area contributed by atoms with E-state index < -0.39 is 12.0 Å². The molecule has 0 fully saturated rings. The van der Waals surface area contributed by atoms with Gasteiger partial charge in [0.05, 0.1) is 18.0 Å². The molecule has 35 heavy (non-hydrogen) atoms. The Labute approximate surface area is 212 Å². The molecule has 0 unspecified atom stereocenters. The van der Waals surface area contributed by atoms with Gasteiger partial charge in [0, 0.05) is 23.0 Å². The molecule has 0 bridgehead atoms. The summed E-state index contributed by atoms with van der Waals surface area (Å²) in [5.41, 5.74) is 1.30. The van der Waals surface area contributed by atoms with Crippen LogP contribution in [0.25, 0.3) is 5.69 Å². The fourth-order valence-electron chi connectivity index (χ4n) is 3.11. The van der Waals surface area contributed by atoms with Gasteiger partial charge in [-0.25, -0.2) is 9.48 Å². The second-order valence-electron chi connectivity index (χ2n) is 9.67. The first-order valence-electron chi connectivity index (χ1n) is 11.8. The molecule has 0 spiro atoms. The Bertz CT molecular complexity index is 1010. The zero-order chi connectivity index (χ0) is 26.2. The first-order valence-corrected chi connectivity index (χ1v) is 12.1. The van der Waals surface area contributed by atoms with Crippen molar-refractivity contribution in [1.82, 2.24) is 20.0 Å². The lowest BCUT2D eigenvalue weighted by Gasteiger charge is -2.23. The highest BCUT2D eigenvalue weighted by atomic mass is 35.5. The third kappa shape index (κ3) is 8.90. The van der Waals surface area contributed by atoms with Crippen LogP contribution in [0, 0.1) is 5.92 Å². The molecule has 0 aliphatic rings. The third-order valence-electron chi connectivity index (χ3n) is 5.10. The molecule has 0 aliphatic carbocycles. The molecule has 9 nitrogen and oxygen atoms in total. The van der Waals surface area contributed by atoms with Crippen molar-refractivity contribution in [1.29, 1.82) is 0 Å². The predicted octanol–water partition coefficient (Wildman–Crippen LogP) is 4.38. The Hall–Kier alpha value is -3.07. The Morgan fingerprint density at radius 3 is 2.40 bits per heavy atom. The Balaban J connectivity index is 2.21. The van der Waals surface area contributed by atoms with E-state index >= 15 is 0 Å². The van der Waals surface area contributed by atoms with Gasteiger partial charge in [-0.2, -0.15) is 5.10 Å². The fourth-order valence-corrected chi connectivity index (χ4v) is 3.24. The highest BCUT2D eigenvalue weighted by molar-refractivity contribution is 6.30. The summed E-state index contributed by atoms with van der Waals surface area (Å²) in [7, 11) is 0. The molecule has 0 atom stereocenters. The Morgan fingerprint density at radius 2 is 1.83 bits per heavy atom. The van der Waals surface area contributed by atoms with Crippen LogP contribution in [0.15, 0.2) is 30.3 Å². The standard InChI is InChI=1S/C25H36ClN5O4/c1-7-35-23(33)15-27-24(34)30(13-12-17(2)3)16-22(32)28-21-14-20(25(4,5)6)29-31(21)19-10-8-18(26)9-11-19/h8-11,14,17H,7,12-13,15-16H2,1-6H3,(H,27,34)(H,28,32). The molecule has 0 saturated heterocycles. The molecule has 1 aromatic carbocycles. The van der Waals surface area contributed by atoms with Gasteiger partial charge < -0.3 is 20.3 Å². The quantitative estimate of drug-likeness (QED) is 0.466. The highest BCUT2D eigenvalue weighted by Crippen LogP contribution is 2.27. The van der Waals surface area contributed by atoms with Crippen molar-refractivity contribution in [2.45, 2.75) is 53.4 Å². The monoisotopic (exact) mass is 505 g/mol. The van der Waals surface area contributed by atoms with Crippen LogP contribution < -0.4 is 10.6 Å². The number of nitrogens with zero attached hydrogens (tertiary/aromatic N) is 3. The van der Waals surface area contributed by atoms with E-state index in [1.54, 1.807) is 23.7 Å². The summed E-state index contributed by atoms with van der Waals surface area (Å²) < 4.78 is 6.50. The van der Waals surface area contributed by atoms with Gasteiger partial charge in [-0.05, 0) is 43.5 Å². The molecule has 192 valence electrons. The van der Waals surface area contributed by atoms with Crippen molar-refractivity contribution in [3.63, 3.8) is 0 Å². The molecule has 1 aromatic heterocycles. The number of anilines is 1. The van der Waals surface area contributed by atoms with Crippen LogP contribution >= 0.6 is 11.6 Å². The van der Waals surface area contributed by atoms with E-state index in [1.807, 2.05) is 52.8 Å². The largest absolute Gasteiger partial charge is 0.465 e. The van der Waals surface area contributed by atoms with Crippen molar-refractivity contribution < 1.29 is 19.1 Å². The number of nitrogens with one attached hydrogen (secondary N) is 2. The van der Waals surface area contributed by atoms with Crippen LogP contribution in [-0.2, 0) is 19.7 Å². The molecule has 2 N–H and O–H groups in total. The lowest BCUT2D eigenvalue weighted by molar-refractivity contribution is -0.141. The zero-order valence-corrected chi connectivity index (χ0v) is 22.1. The van der Waals surface area contributed by atoms with E-state index in [-0.39, 0.29) is 31.0 Å². The SMILES string of the molecule is CCOC(=O)CNC(=O)N(CCC(C)C)CC(=O)Nc1cc(C(C)(C)C)nn1-c1ccc(Cl)cc1. The number of hydrogen-bond acceptors (Lipinski definition) is 5. The van der Waals surface area contributed by atoms with Gasteiger partial charge in [0.15, 0.2) is 0 Å². The third-order valence-corrected chi connectivity index (χ3v) is 5.36. The average molecular weight is 506 g/mol. The maximum absolute atomic E-state index is 13.0. The van der Waals surface area contributed by atoms with E-state index in [9.17, 15) is 14.4 Å². The molecule has 3 amide bonds. The first-order chi connectivity index (χ1) is 16.4. The molecule has 10 heteroatoms. The van der Waals surface area contributed by atoms with Crippen molar-refractivity contribution >= 4 is 35.3 Å². The lowest BCUT2D eigenvalue weighted by atomic mass is 9.92. The number of aromatic nitrogens is 2.